The van der Waals surface area contributed by atoms with Crippen LogP contribution in [0.5, 0.6) is 0 Å². The van der Waals surface area contributed by atoms with Crippen LogP contribution in [0.1, 0.15) is 26.2 Å². The van der Waals surface area contributed by atoms with E-state index in [1.165, 1.54) is 19.3 Å². The monoisotopic (exact) mass is 179 g/mol. The summed E-state index contributed by atoms with van der Waals surface area (Å²) in [4.78, 5) is 3.92. The van der Waals surface area contributed by atoms with Gasteiger partial charge in [0.05, 0.1) is 0 Å². The molecule has 0 fully saturated rings. The third-order valence-electron chi connectivity index (χ3n) is 1.89. The SMILES string of the molecule is CCCCCNc1ccnc(N)c1. The van der Waals surface area contributed by atoms with Crippen molar-refractivity contribution in [1.82, 2.24) is 4.98 Å². The van der Waals surface area contributed by atoms with E-state index < -0.39 is 0 Å². The maximum atomic E-state index is 5.54. The van der Waals surface area contributed by atoms with Gasteiger partial charge in [-0.1, -0.05) is 19.8 Å². The highest BCUT2D eigenvalue weighted by molar-refractivity contribution is 5.49. The fraction of sp³-hybridized carbons (Fsp3) is 0.500. The number of anilines is 2. The quantitative estimate of drug-likeness (QED) is 0.682. The van der Waals surface area contributed by atoms with Crippen molar-refractivity contribution in [2.24, 2.45) is 0 Å². The minimum atomic E-state index is 0.570. The molecular weight excluding hydrogens is 162 g/mol. The van der Waals surface area contributed by atoms with Crippen molar-refractivity contribution in [3.63, 3.8) is 0 Å². The van der Waals surface area contributed by atoms with Crippen molar-refractivity contribution in [3.8, 4) is 0 Å². The molecule has 0 atom stereocenters. The van der Waals surface area contributed by atoms with Crippen LogP contribution in [0, 0.1) is 0 Å². The molecule has 0 amide bonds. The van der Waals surface area contributed by atoms with Crippen LogP contribution in [0.4, 0.5) is 11.5 Å². The lowest BCUT2D eigenvalue weighted by molar-refractivity contribution is 0.744. The summed E-state index contributed by atoms with van der Waals surface area (Å²) in [5, 5.41) is 3.30. The number of nitrogens with one attached hydrogen (secondary N) is 1. The third kappa shape index (κ3) is 3.78. The lowest BCUT2D eigenvalue weighted by Gasteiger charge is -2.05. The van der Waals surface area contributed by atoms with E-state index in [1.807, 2.05) is 12.1 Å². The first-order chi connectivity index (χ1) is 6.33. The van der Waals surface area contributed by atoms with E-state index in [0.717, 1.165) is 12.2 Å². The number of hydrogen-bond donors (Lipinski definition) is 2. The molecule has 0 aromatic carbocycles. The summed E-state index contributed by atoms with van der Waals surface area (Å²) in [6, 6.07) is 3.79. The summed E-state index contributed by atoms with van der Waals surface area (Å²) in [5.74, 6) is 0.570. The summed E-state index contributed by atoms with van der Waals surface area (Å²) < 4.78 is 0. The predicted octanol–water partition coefficient (Wildman–Crippen LogP) is 2.27. The van der Waals surface area contributed by atoms with Gasteiger partial charge in [0.15, 0.2) is 0 Å². The van der Waals surface area contributed by atoms with Crippen LogP contribution in [-0.2, 0) is 0 Å². The summed E-state index contributed by atoms with van der Waals surface area (Å²) in [7, 11) is 0. The molecule has 3 nitrogen and oxygen atoms in total. The highest BCUT2D eigenvalue weighted by Crippen LogP contribution is 2.08. The minimum absolute atomic E-state index is 0.570. The molecule has 0 saturated carbocycles. The van der Waals surface area contributed by atoms with Gasteiger partial charge in [0.2, 0.25) is 0 Å². The Kier molecular flexibility index (Phi) is 4.09. The standard InChI is InChI=1S/C10H17N3/c1-2-3-4-6-12-9-5-7-13-10(11)8-9/h5,7-8H,2-4,6H2,1H3,(H3,11,12,13). The van der Waals surface area contributed by atoms with E-state index in [9.17, 15) is 0 Å². The van der Waals surface area contributed by atoms with Crippen LogP contribution >= 0.6 is 0 Å². The maximum absolute atomic E-state index is 5.54. The van der Waals surface area contributed by atoms with Gasteiger partial charge in [-0.25, -0.2) is 4.98 Å². The molecule has 3 N–H and O–H groups in total. The average molecular weight is 179 g/mol. The predicted molar refractivity (Wildman–Crippen MR) is 56.7 cm³/mol. The van der Waals surface area contributed by atoms with Gasteiger partial charge in [-0.2, -0.15) is 0 Å². The van der Waals surface area contributed by atoms with Gasteiger partial charge in [0.25, 0.3) is 0 Å². The number of pyridine rings is 1. The van der Waals surface area contributed by atoms with Crippen molar-refractivity contribution in [3.05, 3.63) is 18.3 Å². The van der Waals surface area contributed by atoms with Gasteiger partial charge < -0.3 is 11.1 Å². The van der Waals surface area contributed by atoms with Crippen molar-refractivity contribution in [2.45, 2.75) is 26.2 Å². The van der Waals surface area contributed by atoms with Gasteiger partial charge in [-0.15, -0.1) is 0 Å². The molecule has 3 heteroatoms. The van der Waals surface area contributed by atoms with E-state index in [1.54, 1.807) is 6.20 Å². The Labute approximate surface area is 79.4 Å². The zero-order valence-corrected chi connectivity index (χ0v) is 8.09. The Morgan fingerprint density at radius 1 is 1.46 bits per heavy atom. The van der Waals surface area contributed by atoms with Gasteiger partial charge in [0, 0.05) is 24.5 Å². The number of rotatable bonds is 5. The zero-order valence-electron chi connectivity index (χ0n) is 8.09. The largest absolute Gasteiger partial charge is 0.385 e. The second-order valence-corrected chi connectivity index (χ2v) is 3.10. The molecule has 0 bridgehead atoms. The first kappa shape index (κ1) is 9.84. The zero-order chi connectivity index (χ0) is 9.52. The second-order valence-electron chi connectivity index (χ2n) is 3.10. The maximum Gasteiger partial charge on any atom is 0.125 e. The second kappa shape index (κ2) is 5.41. The van der Waals surface area contributed by atoms with Crippen LogP contribution < -0.4 is 11.1 Å². The van der Waals surface area contributed by atoms with Crippen LogP contribution in [-0.4, -0.2) is 11.5 Å². The first-order valence-electron chi connectivity index (χ1n) is 4.78. The first-order valence-corrected chi connectivity index (χ1v) is 4.78. The van der Waals surface area contributed by atoms with Crippen molar-refractivity contribution in [2.75, 3.05) is 17.6 Å². The lowest BCUT2D eigenvalue weighted by atomic mass is 10.2. The third-order valence-corrected chi connectivity index (χ3v) is 1.89. The Bertz CT molecular complexity index is 248. The molecular formula is C10H17N3. The molecule has 0 unspecified atom stereocenters. The van der Waals surface area contributed by atoms with Crippen LogP contribution in [0.2, 0.25) is 0 Å². The highest BCUT2D eigenvalue weighted by atomic mass is 14.9. The smallest absolute Gasteiger partial charge is 0.125 e. The molecule has 0 aliphatic carbocycles. The fourth-order valence-electron chi connectivity index (χ4n) is 1.17. The van der Waals surface area contributed by atoms with Crippen LogP contribution in [0.25, 0.3) is 0 Å². The molecule has 0 spiro atoms. The van der Waals surface area contributed by atoms with Crippen LogP contribution in [0.3, 0.4) is 0 Å². The number of unbranched alkanes of at least 4 members (excludes halogenated alkanes) is 2. The molecule has 72 valence electrons. The lowest BCUT2D eigenvalue weighted by Crippen LogP contribution is -2.02. The van der Waals surface area contributed by atoms with Crippen molar-refractivity contribution >= 4 is 11.5 Å². The Balaban J connectivity index is 2.28. The molecule has 0 saturated heterocycles. The van der Waals surface area contributed by atoms with E-state index >= 15 is 0 Å². The van der Waals surface area contributed by atoms with Gasteiger partial charge in [0.1, 0.15) is 5.82 Å². The number of nitrogen functional groups attached to an aromatic ring is 1. The summed E-state index contributed by atoms with van der Waals surface area (Å²) >= 11 is 0. The Morgan fingerprint density at radius 3 is 3.00 bits per heavy atom. The van der Waals surface area contributed by atoms with Gasteiger partial charge in [-0.3, -0.25) is 0 Å². The minimum Gasteiger partial charge on any atom is -0.385 e. The molecule has 0 radical (unpaired) electrons. The molecule has 1 rings (SSSR count). The van der Waals surface area contributed by atoms with Gasteiger partial charge in [-0.05, 0) is 12.5 Å². The molecule has 1 aromatic rings. The number of nitrogens with two attached hydrogens (primary N) is 1. The Morgan fingerprint density at radius 2 is 2.31 bits per heavy atom. The molecule has 13 heavy (non-hydrogen) atoms. The topological polar surface area (TPSA) is 50.9 Å². The summed E-state index contributed by atoms with van der Waals surface area (Å²) in [6.07, 6.45) is 5.45. The van der Waals surface area contributed by atoms with Crippen LogP contribution in [0.15, 0.2) is 18.3 Å². The molecule has 1 heterocycles. The summed E-state index contributed by atoms with van der Waals surface area (Å²) in [5.41, 5.74) is 6.60. The van der Waals surface area contributed by atoms with Gasteiger partial charge >= 0.3 is 0 Å². The number of hydrogen-bond acceptors (Lipinski definition) is 3. The van der Waals surface area contributed by atoms with Crippen molar-refractivity contribution in [1.29, 1.82) is 0 Å². The summed E-state index contributed by atoms with van der Waals surface area (Å²) in [6.45, 7) is 3.21. The Hall–Kier alpha value is -1.25. The van der Waals surface area contributed by atoms with E-state index in [-0.39, 0.29) is 0 Å². The highest BCUT2D eigenvalue weighted by Gasteiger charge is 1.92. The fourth-order valence-corrected chi connectivity index (χ4v) is 1.17. The molecule has 1 aromatic heterocycles. The molecule has 0 aliphatic heterocycles. The average Bonchev–Trinajstić information content (AvgIpc) is 2.13. The van der Waals surface area contributed by atoms with E-state index in [2.05, 4.69) is 17.2 Å². The van der Waals surface area contributed by atoms with E-state index in [0.29, 0.717) is 5.82 Å². The number of nitrogens with zero attached hydrogens (tertiary/aromatic N) is 1. The van der Waals surface area contributed by atoms with E-state index in [4.69, 9.17) is 5.73 Å². The number of aromatic nitrogens is 1. The molecule has 0 aliphatic rings. The normalized spacial score (nSPS) is 9.92. The van der Waals surface area contributed by atoms with Crippen molar-refractivity contribution < 1.29 is 0 Å².